The van der Waals surface area contributed by atoms with Gasteiger partial charge in [0.2, 0.25) is 0 Å². The monoisotopic (exact) mass is 272 g/mol. The van der Waals surface area contributed by atoms with E-state index in [-0.39, 0.29) is 5.56 Å². The van der Waals surface area contributed by atoms with Crippen LogP contribution in [0.1, 0.15) is 27.0 Å². The van der Waals surface area contributed by atoms with Crippen molar-refractivity contribution in [2.24, 2.45) is 0 Å². The molecule has 2 nitrogen and oxygen atoms in total. The van der Waals surface area contributed by atoms with E-state index in [2.05, 4.69) is 4.74 Å². The fourth-order valence-electron chi connectivity index (χ4n) is 2.61. The molecule has 0 saturated heterocycles. The Bertz CT molecular complexity index is 652. The molecule has 0 N–H and O–H groups in total. The van der Waals surface area contributed by atoms with Gasteiger partial charge in [0.1, 0.15) is 5.82 Å². The molecule has 20 heavy (non-hydrogen) atoms. The van der Waals surface area contributed by atoms with Crippen molar-refractivity contribution in [1.82, 2.24) is 0 Å². The van der Waals surface area contributed by atoms with Crippen LogP contribution in [-0.4, -0.2) is 13.1 Å². The SMILES string of the molecule is COC(=O)c1cc(F)cc(-c2c(C)cc(C)cc2C)c1. The molecule has 2 aromatic rings. The van der Waals surface area contributed by atoms with E-state index in [1.54, 1.807) is 6.07 Å². The van der Waals surface area contributed by atoms with E-state index in [0.717, 1.165) is 22.3 Å². The van der Waals surface area contributed by atoms with Crippen molar-refractivity contribution in [3.05, 3.63) is 58.4 Å². The first-order valence-electron chi connectivity index (χ1n) is 6.39. The Kier molecular flexibility index (Phi) is 3.89. The van der Waals surface area contributed by atoms with Gasteiger partial charge < -0.3 is 4.74 Å². The summed E-state index contributed by atoms with van der Waals surface area (Å²) in [6.45, 7) is 5.99. The number of esters is 1. The molecular formula is C17H17FO2. The molecule has 0 fully saturated rings. The predicted molar refractivity (Wildman–Crippen MR) is 77.4 cm³/mol. The zero-order valence-electron chi connectivity index (χ0n) is 12.1. The number of methoxy groups -OCH3 is 1. The average Bonchev–Trinajstić information content (AvgIpc) is 2.35. The summed E-state index contributed by atoms with van der Waals surface area (Å²) in [4.78, 5) is 11.6. The Morgan fingerprint density at radius 1 is 1.00 bits per heavy atom. The van der Waals surface area contributed by atoms with Crippen LogP contribution in [0.3, 0.4) is 0 Å². The normalized spacial score (nSPS) is 10.4. The van der Waals surface area contributed by atoms with Crippen LogP contribution in [0, 0.1) is 26.6 Å². The lowest BCUT2D eigenvalue weighted by Gasteiger charge is -2.13. The van der Waals surface area contributed by atoms with Gasteiger partial charge in [-0.3, -0.25) is 0 Å². The van der Waals surface area contributed by atoms with Gasteiger partial charge in [0.05, 0.1) is 12.7 Å². The molecule has 0 heterocycles. The second kappa shape index (κ2) is 5.45. The largest absolute Gasteiger partial charge is 0.465 e. The Morgan fingerprint density at radius 2 is 1.60 bits per heavy atom. The van der Waals surface area contributed by atoms with Crippen LogP contribution in [0.15, 0.2) is 30.3 Å². The quantitative estimate of drug-likeness (QED) is 0.766. The van der Waals surface area contributed by atoms with Gasteiger partial charge in [0, 0.05) is 0 Å². The Morgan fingerprint density at radius 3 is 2.15 bits per heavy atom. The molecule has 0 spiro atoms. The number of rotatable bonds is 2. The van der Waals surface area contributed by atoms with Crippen molar-refractivity contribution < 1.29 is 13.9 Å². The maximum Gasteiger partial charge on any atom is 0.337 e. The maximum absolute atomic E-state index is 13.7. The van der Waals surface area contributed by atoms with Gasteiger partial charge in [0.15, 0.2) is 0 Å². The third kappa shape index (κ3) is 2.72. The van der Waals surface area contributed by atoms with E-state index in [1.807, 2.05) is 32.9 Å². The van der Waals surface area contributed by atoms with Crippen LogP contribution in [0.25, 0.3) is 11.1 Å². The molecule has 0 aliphatic heterocycles. The second-order valence-electron chi connectivity index (χ2n) is 4.99. The van der Waals surface area contributed by atoms with Gasteiger partial charge in [-0.1, -0.05) is 17.7 Å². The molecule has 2 rings (SSSR count). The van der Waals surface area contributed by atoms with Gasteiger partial charge in [-0.05, 0) is 61.2 Å². The van der Waals surface area contributed by atoms with E-state index in [9.17, 15) is 9.18 Å². The molecule has 0 bridgehead atoms. The molecule has 0 radical (unpaired) electrons. The van der Waals surface area contributed by atoms with Gasteiger partial charge in [-0.15, -0.1) is 0 Å². The molecular weight excluding hydrogens is 255 g/mol. The third-order valence-electron chi connectivity index (χ3n) is 3.28. The van der Waals surface area contributed by atoms with Gasteiger partial charge in [-0.25, -0.2) is 9.18 Å². The summed E-state index contributed by atoms with van der Waals surface area (Å²) >= 11 is 0. The number of benzene rings is 2. The summed E-state index contributed by atoms with van der Waals surface area (Å²) in [5.41, 5.74) is 5.16. The molecule has 0 aliphatic carbocycles. The maximum atomic E-state index is 13.7. The highest BCUT2D eigenvalue weighted by Crippen LogP contribution is 2.29. The number of ether oxygens (including phenoxy) is 1. The number of carbonyl (C=O) groups is 1. The number of aryl methyl sites for hydroxylation is 3. The summed E-state index contributed by atoms with van der Waals surface area (Å²) in [5.74, 6) is -0.976. The molecule has 3 heteroatoms. The minimum absolute atomic E-state index is 0.224. The lowest BCUT2D eigenvalue weighted by molar-refractivity contribution is 0.0600. The van der Waals surface area contributed by atoms with Crippen LogP contribution in [0.5, 0.6) is 0 Å². The summed E-state index contributed by atoms with van der Waals surface area (Å²) in [7, 11) is 1.29. The smallest absolute Gasteiger partial charge is 0.337 e. The Labute approximate surface area is 118 Å². The molecule has 0 atom stereocenters. The number of halogens is 1. The van der Waals surface area contributed by atoms with Crippen molar-refractivity contribution in [1.29, 1.82) is 0 Å². The fourth-order valence-corrected chi connectivity index (χ4v) is 2.61. The summed E-state index contributed by atoms with van der Waals surface area (Å²) < 4.78 is 18.4. The summed E-state index contributed by atoms with van der Waals surface area (Å²) in [6, 6.07) is 8.39. The molecule has 2 aromatic carbocycles. The molecule has 0 unspecified atom stereocenters. The lowest BCUT2D eigenvalue weighted by Crippen LogP contribution is -2.02. The number of carbonyl (C=O) groups excluding carboxylic acids is 1. The van der Waals surface area contributed by atoms with E-state index < -0.39 is 11.8 Å². The van der Waals surface area contributed by atoms with Crippen molar-refractivity contribution in [3.8, 4) is 11.1 Å². The number of hydrogen-bond donors (Lipinski definition) is 0. The molecule has 0 saturated carbocycles. The highest BCUT2D eigenvalue weighted by molar-refractivity contribution is 5.91. The molecule has 0 aromatic heterocycles. The minimum atomic E-state index is -0.534. The fraction of sp³-hybridized carbons (Fsp3) is 0.235. The van der Waals surface area contributed by atoms with Crippen LogP contribution >= 0.6 is 0 Å². The van der Waals surface area contributed by atoms with E-state index >= 15 is 0 Å². The van der Waals surface area contributed by atoms with E-state index in [1.165, 1.54) is 19.2 Å². The second-order valence-corrected chi connectivity index (χ2v) is 4.99. The van der Waals surface area contributed by atoms with Gasteiger partial charge >= 0.3 is 5.97 Å². The highest BCUT2D eigenvalue weighted by atomic mass is 19.1. The number of hydrogen-bond acceptors (Lipinski definition) is 2. The van der Waals surface area contributed by atoms with Crippen molar-refractivity contribution in [2.75, 3.05) is 7.11 Å². The van der Waals surface area contributed by atoms with Crippen LogP contribution in [0.2, 0.25) is 0 Å². The van der Waals surface area contributed by atoms with Gasteiger partial charge in [0.25, 0.3) is 0 Å². The van der Waals surface area contributed by atoms with E-state index in [4.69, 9.17) is 0 Å². The molecule has 104 valence electrons. The topological polar surface area (TPSA) is 26.3 Å². The first-order valence-corrected chi connectivity index (χ1v) is 6.39. The lowest BCUT2D eigenvalue weighted by atomic mass is 9.93. The zero-order valence-corrected chi connectivity index (χ0v) is 12.1. The van der Waals surface area contributed by atoms with Crippen molar-refractivity contribution in [2.45, 2.75) is 20.8 Å². The minimum Gasteiger partial charge on any atom is -0.465 e. The van der Waals surface area contributed by atoms with Crippen LogP contribution in [0.4, 0.5) is 4.39 Å². The Hall–Kier alpha value is -2.16. The zero-order chi connectivity index (χ0) is 14.9. The standard InChI is InChI=1S/C17H17FO2/c1-10-5-11(2)16(12(3)6-10)13-7-14(17(19)20-4)9-15(18)8-13/h5-9H,1-4H3. The van der Waals surface area contributed by atoms with E-state index in [0.29, 0.717) is 5.56 Å². The van der Waals surface area contributed by atoms with Crippen LogP contribution < -0.4 is 0 Å². The first kappa shape index (κ1) is 14.3. The van der Waals surface area contributed by atoms with Crippen LogP contribution in [-0.2, 0) is 4.74 Å². The third-order valence-corrected chi connectivity index (χ3v) is 3.28. The van der Waals surface area contributed by atoms with Gasteiger partial charge in [-0.2, -0.15) is 0 Å². The van der Waals surface area contributed by atoms with Crippen molar-refractivity contribution in [3.63, 3.8) is 0 Å². The Balaban J connectivity index is 2.64. The summed E-state index contributed by atoms with van der Waals surface area (Å²) in [5, 5.41) is 0. The molecule has 0 amide bonds. The summed E-state index contributed by atoms with van der Waals surface area (Å²) in [6.07, 6.45) is 0. The highest BCUT2D eigenvalue weighted by Gasteiger charge is 2.13. The molecule has 0 aliphatic rings. The average molecular weight is 272 g/mol. The first-order chi connectivity index (χ1) is 9.42. The predicted octanol–water partition coefficient (Wildman–Crippen LogP) is 4.20. The van der Waals surface area contributed by atoms with Crippen molar-refractivity contribution >= 4 is 5.97 Å².